The van der Waals surface area contributed by atoms with E-state index in [2.05, 4.69) is 20.5 Å². The highest BCUT2D eigenvalue weighted by Gasteiger charge is 2.13. The van der Waals surface area contributed by atoms with Gasteiger partial charge in [-0.1, -0.05) is 47.7 Å². The van der Waals surface area contributed by atoms with Crippen LogP contribution in [-0.2, 0) is 7.05 Å². The number of nitrogens with zero attached hydrogens (tertiary/aromatic N) is 4. The lowest BCUT2D eigenvalue weighted by Gasteiger charge is -2.13. The van der Waals surface area contributed by atoms with E-state index in [4.69, 9.17) is 0 Å². The van der Waals surface area contributed by atoms with Crippen molar-refractivity contribution in [3.05, 3.63) is 88.5 Å². The van der Waals surface area contributed by atoms with Gasteiger partial charge in [-0.05, 0) is 49.2 Å². The highest BCUT2D eigenvalue weighted by molar-refractivity contribution is 7.18. The van der Waals surface area contributed by atoms with Gasteiger partial charge in [0.2, 0.25) is 5.13 Å². The van der Waals surface area contributed by atoms with E-state index >= 15 is 0 Å². The molecule has 5 rings (SSSR count). The fourth-order valence-electron chi connectivity index (χ4n) is 3.74. The summed E-state index contributed by atoms with van der Waals surface area (Å²) in [5.41, 5.74) is 6.16. The van der Waals surface area contributed by atoms with Crippen molar-refractivity contribution in [2.24, 2.45) is 7.05 Å². The van der Waals surface area contributed by atoms with E-state index in [0.29, 0.717) is 10.7 Å². The van der Waals surface area contributed by atoms with Crippen LogP contribution in [0.2, 0.25) is 0 Å². The van der Waals surface area contributed by atoms with Gasteiger partial charge >= 0.3 is 0 Å². The van der Waals surface area contributed by atoms with Gasteiger partial charge in [0.25, 0.3) is 5.56 Å². The molecule has 0 spiro atoms. The first kappa shape index (κ1) is 20.1. The molecule has 0 atom stereocenters. The van der Waals surface area contributed by atoms with E-state index in [1.807, 2.05) is 80.7 Å². The molecule has 0 saturated carbocycles. The molecule has 0 amide bonds. The molecular weight excluding hydrogens is 418 g/mol. The van der Waals surface area contributed by atoms with Crippen LogP contribution in [0.4, 0.5) is 10.8 Å². The maximum Gasteiger partial charge on any atom is 0.258 e. The normalized spacial score (nSPS) is 11.1. The van der Waals surface area contributed by atoms with E-state index in [1.165, 1.54) is 11.3 Å². The van der Waals surface area contributed by atoms with Gasteiger partial charge in [0, 0.05) is 41.1 Å². The van der Waals surface area contributed by atoms with Crippen molar-refractivity contribution in [1.29, 1.82) is 0 Å². The molecule has 0 fully saturated rings. The quantitative estimate of drug-likeness (QED) is 0.401. The topological polar surface area (TPSA) is 72.7 Å². The van der Waals surface area contributed by atoms with E-state index in [9.17, 15) is 4.79 Å². The van der Waals surface area contributed by atoms with E-state index < -0.39 is 0 Å². The zero-order valence-electron chi connectivity index (χ0n) is 18.0. The number of benzene rings is 2. The summed E-state index contributed by atoms with van der Waals surface area (Å²) < 4.78 is 1.69. The Bertz CT molecular complexity index is 1500. The van der Waals surface area contributed by atoms with Crippen molar-refractivity contribution in [2.45, 2.75) is 13.8 Å². The molecule has 0 aliphatic carbocycles. The Morgan fingerprint density at radius 2 is 1.75 bits per heavy atom. The molecular formula is C25H21N5OS. The first-order valence-corrected chi connectivity index (χ1v) is 11.0. The summed E-state index contributed by atoms with van der Waals surface area (Å²) in [6, 6.07) is 19.8. The fourth-order valence-corrected chi connectivity index (χ4v) is 4.51. The molecule has 3 aromatic heterocycles. The number of anilines is 2. The Morgan fingerprint density at radius 3 is 2.56 bits per heavy atom. The van der Waals surface area contributed by atoms with Crippen LogP contribution in [0.15, 0.2) is 71.7 Å². The summed E-state index contributed by atoms with van der Waals surface area (Å²) in [6.07, 6.45) is 1.82. The molecule has 32 heavy (non-hydrogen) atoms. The first-order valence-electron chi connectivity index (χ1n) is 10.2. The van der Waals surface area contributed by atoms with Crippen molar-refractivity contribution in [1.82, 2.24) is 19.7 Å². The number of aryl methyl sites for hydroxylation is 3. The zero-order chi connectivity index (χ0) is 22.2. The average Bonchev–Trinajstić information content (AvgIpc) is 3.27. The van der Waals surface area contributed by atoms with Crippen LogP contribution in [0.3, 0.4) is 0 Å². The summed E-state index contributed by atoms with van der Waals surface area (Å²) in [5, 5.41) is 14.4. The molecule has 7 heteroatoms. The maximum absolute atomic E-state index is 13.2. The summed E-state index contributed by atoms with van der Waals surface area (Å²) >= 11 is 1.49. The molecule has 5 aromatic rings. The van der Waals surface area contributed by atoms with Gasteiger partial charge in [-0.25, -0.2) is 0 Å². The first-order chi connectivity index (χ1) is 15.5. The van der Waals surface area contributed by atoms with Gasteiger partial charge in [0.05, 0.1) is 5.52 Å². The summed E-state index contributed by atoms with van der Waals surface area (Å²) in [7, 11) is 1.80. The highest BCUT2D eigenvalue weighted by Crippen LogP contribution is 2.31. The second-order valence-corrected chi connectivity index (χ2v) is 8.72. The Kier molecular flexibility index (Phi) is 5.03. The highest BCUT2D eigenvalue weighted by atomic mass is 32.1. The third kappa shape index (κ3) is 3.67. The van der Waals surface area contributed by atoms with Crippen molar-refractivity contribution >= 4 is 33.1 Å². The molecule has 3 heterocycles. The molecule has 2 aromatic carbocycles. The average molecular weight is 440 g/mol. The van der Waals surface area contributed by atoms with Crippen molar-refractivity contribution in [3.8, 4) is 21.7 Å². The lowest BCUT2D eigenvalue weighted by atomic mass is 9.99. The van der Waals surface area contributed by atoms with Crippen LogP contribution in [0.25, 0.3) is 32.6 Å². The largest absolute Gasteiger partial charge is 0.330 e. The molecule has 0 saturated heterocycles. The smallest absolute Gasteiger partial charge is 0.258 e. The molecule has 1 N–H and O–H groups in total. The van der Waals surface area contributed by atoms with Gasteiger partial charge in [0.15, 0.2) is 0 Å². The minimum Gasteiger partial charge on any atom is -0.330 e. The number of fused-ring (bicyclic) bond motifs is 1. The van der Waals surface area contributed by atoms with Gasteiger partial charge in [-0.15, -0.1) is 10.2 Å². The van der Waals surface area contributed by atoms with E-state index in [-0.39, 0.29) is 5.56 Å². The minimum absolute atomic E-state index is 0.0365. The van der Waals surface area contributed by atoms with Crippen molar-refractivity contribution in [3.63, 3.8) is 0 Å². The third-order valence-corrected chi connectivity index (χ3v) is 6.36. The van der Waals surface area contributed by atoms with Gasteiger partial charge < -0.3 is 9.88 Å². The fraction of sp³-hybridized carbons (Fsp3) is 0.120. The summed E-state index contributed by atoms with van der Waals surface area (Å²) in [6.45, 7) is 3.93. The lowest BCUT2D eigenvalue weighted by molar-refractivity contribution is 0.905. The molecule has 0 bridgehead atoms. The van der Waals surface area contributed by atoms with Gasteiger partial charge in [0.1, 0.15) is 5.01 Å². The van der Waals surface area contributed by atoms with Crippen LogP contribution in [0, 0.1) is 13.8 Å². The number of aromatic nitrogens is 4. The minimum atomic E-state index is -0.0365. The number of hydrogen-bond acceptors (Lipinski definition) is 6. The number of rotatable bonds is 4. The Morgan fingerprint density at radius 1 is 0.938 bits per heavy atom. The second-order valence-electron chi connectivity index (χ2n) is 7.74. The van der Waals surface area contributed by atoms with E-state index in [1.54, 1.807) is 11.6 Å². The molecule has 0 aliphatic heterocycles. The molecule has 0 unspecified atom stereocenters. The molecule has 0 aliphatic rings. The summed E-state index contributed by atoms with van der Waals surface area (Å²) in [4.78, 5) is 17.6. The van der Waals surface area contributed by atoms with Crippen LogP contribution in [0.1, 0.15) is 11.3 Å². The Hall–Kier alpha value is -3.84. The van der Waals surface area contributed by atoms with Crippen LogP contribution < -0.4 is 10.9 Å². The Balaban J connectivity index is 1.53. The molecule has 6 nitrogen and oxygen atoms in total. The van der Waals surface area contributed by atoms with Crippen molar-refractivity contribution in [2.75, 3.05) is 5.32 Å². The van der Waals surface area contributed by atoms with Crippen LogP contribution in [0.5, 0.6) is 0 Å². The number of pyridine rings is 2. The predicted molar refractivity (Wildman–Crippen MR) is 131 cm³/mol. The zero-order valence-corrected chi connectivity index (χ0v) is 18.8. The SMILES string of the molecule is Cc1cc2c(cn1)cc(-c1cc(Nc3nnc(-c4ccccc4)s3)ccc1C)c(=O)n2C. The standard InChI is InChI=1S/C25H21N5OS/c1-15-9-10-19(27-25-29-28-23(32-25)17-7-5-4-6-8-17)13-20(15)21-12-18-14-26-16(2)11-22(18)30(3)24(21)31/h4-14H,1-3H3,(H,27,29). The lowest BCUT2D eigenvalue weighted by Crippen LogP contribution is -2.19. The number of hydrogen-bond donors (Lipinski definition) is 1. The van der Waals surface area contributed by atoms with Gasteiger partial charge in [-0.3, -0.25) is 9.78 Å². The van der Waals surface area contributed by atoms with Crippen LogP contribution >= 0.6 is 11.3 Å². The Labute approximate surface area is 189 Å². The van der Waals surface area contributed by atoms with E-state index in [0.717, 1.165) is 44.0 Å². The molecule has 158 valence electrons. The van der Waals surface area contributed by atoms with Crippen LogP contribution in [-0.4, -0.2) is 19.7 Å². The predicted octanol–water partition coefficient (Wildman–Crippen LogP) is 5.48. The number of nitrogens with one attached hydrogen (secondary N) is 1. The monoisotopic (exact) mass is 439 g/mol. The third-order valence-electron chi connectivity index (χ3n) is 5.47. The second kappa shape index (κ2) is 8.01. The van der Waals surface area contributed by atoms with Crippen molar-refractivity contribution < 1.29 is 0 Å². The van der Waals surface area contributed by atoms with Gasteiger partial charge in [-0.2, -0.15) is 0 Å². The maximum atomic E-state index is 13.2. The molecule has 0 radical (unpaired) electrons. The summed E-state index contributed by atoms with van der Waals surface area (Å²) in [5.74, 6) is 0.